The first-order valence-electron chi connectivity index (χ1n) is 14.0. The van der Waals surface area contributed by atoms with Gasteiger partial charge in [-0.3, -0.25) is 9.59 Å². The van der Waals surface area contributed by atoms with Crippen molar-refractivity contribution in [3.63, 3.8) is 0 Å². The number of phenols is 1. The number of fused-ring (bicyclic) bond motifs is 4. The number of aliphatic hydroxyl groups excluding tert-OH is 1. The maximum atomic E-state index is 14.0. The maximum absolute atomic E-state index is 14.0. The molecule has 9 heteroatoms. The lowest BCUT2D eigenvalue weighted by Gasteiger charge is -2.41. The van der Waals surface area contributed by atoms with Gasteiger partial charge in [-0.1, -0.05) is 44.5 Å². The molecule has 2 heterocycles. The molecule has 5 N–H and O–H groups in total. The fraction of sp³-hybridized carbons (Fsp3) is 0.375. The molecular formula is C32H32N2O6Si. The van der Waals surface area contributed by atoms with Crippen LogP contribution in [0.4, 0.5) is 11.4 Å². The average Bonchev–Trinajstić information content (AvgIpc) is 3.70. The number of ether oxygens (including phenoxy) is 1. The van der Waals surface area contributed by atoms with Gasteiger partial charge < -0.3 is 30.4 Å². The topological polar surface area (TPSA) is 134 Å². The Balaban J connectivity index is 1.60. The number of nitrogens with two attached hydrogens (primary N) is 1. The molecule has 2 bridgehead atoms. The molecule has 4 aliphatic rings. The zero-order chi connectivity index (χ0) is 29.3. The van der Waals surface area contributed by atoms with E-state index in [1.807, 2.05) is 6.92 Å². The molecule has 2 aliphatic carbocycles. The highest BCUT2D eigenvalue weighted by atomic mass is 28.4. The van der Waals surface area contributed by atoms with Gasteiger partial charge in [0.15, 0.2) is 37.2 Å². The molecule has 1 fully saturated rings. The third kappa shape index (κ3) is 3.54. The molecular weight excluding hydrogens is 536 g/mol. The van der Waals surface area contributed by atoms with Crippen molar-refractivity contribution < 1.29 is 29.0 Å². The predicted octanol–water partition coefficient (Wildman–Crippen LogP) is 3.86. The summed E-state index contributed by atoms with van der Waals surface area (Å²) in [7, 11) is -2.15. The standard InChI is InChI=1S/C32H32N2O6Si/c1-5-41(6-2,7-3)39-18(4)31-24-12-10-8-9-11-13-25(36)32(31,40-31)22-17-23(35)26-27(28(22)34-24)29(37)20-15-14-19(33)16-21(20)30(26)38/h8-9,14-18,24-25,34-36H,5-7,33H2,1-4H3/b9-8-/t18-,24+,25-,31+,32+/m1/s1. The van der Waals surface area contributed by atoms with Gasteiger partial charge in [0.2, 0.25) is 0 Å². The van der Waals surface area contributed by atoms with Crippen molar-refractivity contribution in [1.82, 2.24) is 0 Å². The van der Waals surface area contributed by atoms with Crippen molar-refractivity contribution in [1.29, 1.82) is 0 Å². The number of benzene rings is 2. The molecule has 0 amide bonds. The summed E-state index contributed by atoms with van der Waals surface area (Å²) in [4.78, 5) is 27.6. The largest absolute Gasteiger partial charge is 0.507 e. The van der Waals surface area contributed by atoms with Gasteiger partial charge in [0.1, 0.15) is 11.8 Å². The lowest BCUT2D eigenvalue weighted by molar-refractivity contribution is 0.0966. The van der Waals surface area contributed by atoms with E-state index in [0.29, 0.717) is 11.3 Å². The van der Waals surface area contributed by atoms with E-state index in [1.54, 1.807) is 18.2 Å². The molecule has 2 aromatic rings. The van der Waals surface area contributed by atoms with Crippen LogP contribution < -0.4 is 11.1 Å². The molecule has 0 saturated carbocycles. The summed E-state index contributed by atoms with van der Waals surface area (Å²) in [5.74, 6) is 10.6. The van der Waals surface area contributed by atoms with Crippen LogP contribution >= 0.6 is 0 Å². The summed E-state index contributed by atoms with van der Waals surface area (Å²) in [6.45, 7) is 8.34. The van der Waals surface area contributed by atoms with E-state index < -0.39 is 49.3 Å². The molecule has 0 aromatic heterocycles. The SMILES string of the molecule is CC[Si](CC)(CC)O[C@H](C)[C@@]12O[C@]13c1cc(O)c4c(c1N[C@H]2C#C/C=C\C#C[C@H]3O)C(=O)c1ccc(N)cc1C4=O. The number of carbonyl (C=O) groups is 2. The van der Waals surface area contributed by atoms with E-state index in [9.17, 15) is 19.8 Å². The van der Waals surface area contributed by atoms with E-state index in [0.717, 1.165) is 18.1 Å². The smallest absolute Gasteiger partial charge is 0.198 e. The van der Waals surface area contributed by atoms with Gasteiger partial charge in [0, 0.05) is 22.4 Å². The third-order valence-electron chi connectivity index (χ3n) is 9.33. The van der Waals surface area contributed by atoms with Crippen LogP contribution in [0, 0.1) is 23.7 Å². The van der Waals surface area contributed by atoms with Crippen LogP contribution in [0.5, 0.6) is 5.75 Å². The van der Waals surface area contributed by atoms with Crippen LogP contribution in [0.2, 0.25) is 18.1 Å². The molecule has 210 valence electrons. The average molecular weight is 569 g/mol. The lowest BCUT2D eigenvalue weighted by Crippen LogP contribution is -2.57. The fourth-order valence-corrected chi connectivity index (χ4v) is 9.83. The number of phenolic OH excluding ortho intramolecular Hbond substituents is 1. The zero-order valence-corrected chi connectivity index (χ0v) is 24.4. The summed E-state index contributed by atoms with van der Waals surface area (Å²) in [5, 5.41) is 26.4. The van der Waals surface area contributed by atoms with Crippen molar-refractivity contribution in [3.05, 3.63) is 64.2 Å². The Morgan fingerprint density at radius 3 is 2.39 bits per heavy atom. The predicted molar refractivity (Wildman–Crippen MR) is 157 cm³/mol. The lowest BCUT2D eigenvalue weighted by atomic mass is 9.69. The highest BCUT2D eigenvalue weighted by Crippen LogP contribution is 2.68. The van der Waals surface area contributed by atoms with Gasteiger partial charge in [-0.15, -0.1) is 0 Å². The minimum absolute atomic E-state index is 0.0123. The van der Waals surface area contributed by atoms with Gasteiger partial charge in [0.05, 0.1) is 22.9 Å². The molecule has 1 saturated heterocycles. The Kier molecular flexibility index (Phi) is 6.22. The molecule has 6 rings (SSSR count). The van der Waals surface area contributed by atoms with Crippen molar-refractivity contribution in [2.75, 3.05) is 11.1 Å². The number of aliphatic hydroxyl groups is 1. The van der Waals surface area contributed by atoms with Crippen LogP contribution in [-0.2, 0) is 14.8 Å². The molecule has 8 nitrogen and oxygen atoms in total. The monoisotopic (exact) mass is 568 g/mol. The first-order valence-corrected chi connectivity index (χ1v) is 16.5. The van der Waals surface area contributed by atoms with Gasteiger partial charge in [-0.05, 0) is 61.5 Å². The summed E-state index contributed by atoms with van der Waals surface area (Å²) in [6, 6.07) is 7.92. The summed E-state index contributed by atoms with van der Waals surface area (Å²) >= 11 is 0. The number of anilines is 2. The normalized spacial score (nSPS) is 28.2. The van der Waals surface area contributed by atoms with Crippen LogP contribution in [0.15, 0.2) is 36.4 Å². The van der Waals surface area contributed by atoms with E-state index >= 15 is 0 Å². The molecule has 2 aliphatic heterocycles. The van der Waals surface area contributed by atoms with Crippen LogP contribution in [0.1, 0.15) is 65.1 Å². The fourth-order valence-electron chi connectivity index (χ4n) is 6.90. The van der Waals surface area contributed by atoms with Gasteiger partial charge in [-0.25, -0.2) is 0 Å². The first kappa shape index (κ1) is 27.3. The van der Waals surface area contributed by atoms with Crippen LogP contribution in [0.25, 0.3) is 0 Å². The number of nitrogen functional groups attached to an aromatic ring is 1. The number of carbonyl (C=O) groups excluding carboxylic acids is 2. The Labute approximate surface area is 240 Å². The maximum Gasteiger partial charge on any atom is 0.198 e. The number of allylic oxidation sites excluding steroid dienone is 2. The minimum Gasteiger partial charge on any atom is -0.507 e. The number of nitrogens with one attached hydrogen (secondary N) is 1. The summed E-state index contributed by atoms with van der Waals surface area (Å²) in [6.07, 6.45) is 1.28. The number of epoxide rings is 1. The minimum atomic E-state index is -2.15. The number of hydrogen-bond donors (Lipinski definition) is 4. The van der Waals surface area contributed by atoms with Crippen molar-refractivity contribution in [2.24, 2.45) is 0 Å². The summed E-state index contributed by atoms with van der Waals surface area (Å²) in [5.41, 5.74) is 4.41. The second kappa shape index (κ2) is 9.33. The van der Waals surface area contributed by atoms with Crippen LogP contribution in [0.3, 0.4) is 0 Å². The molecule has 5 atom stereocenters. The first-order chi connectivity index (χ1) is 19.6. The van der Waals surface area contributed by atoms with E-state index in [4.69, 9.17) is 14.9 Å². The van der Waals surface area contributed by atoms with Crippen LogP contribution in [-0.4, -0.2) is 53.9 Å². The van der Waals surface area contributed by atoms with E-state index in [1.165, 1.54) is 18.2 Å². The Morgan fingerprint density at radius 2 is 1.71 bits per heavy atom. The summed E-state index contributed by atoms with van der Waals surface area (Å²) < 4.78 is 13.6. The zero-order valence-electron chi connectivity index (χ0n) is 23.4. The number of rotatable bonds is 6. The van der Waals surface area contributed by atoms with Crippen molar-refractivity contribution in [2.45, 2.75) is 75.3 Å². The molecule has 0 radical (unpaired) electrons. The van der Waals surface area contributed by atoms with Gasteiger partial charge >= 0.3 is 0 Å². The highest BCUT2D eigenvalue weighted by Gasteiger charge is 2.82. The number of aromatic hydroxyl groups is 1. The highest BCUT2D eigenvalue weighted by molar-refractivity contribution is 6.73. The second-order valence-corrected chi connectivity index (χ2v) is 15.8. The quantitative estimate of drug-likeness (QED) is 0.116. The molecule has 0 unspecified atom stereocenters. The van der Waals surface area contributed by atoms with E-state index in [2.05, 4.69) is 49.8 Å². The Morgan fingerprint density at radius 1 is 1.05 bits per heavy atom. The van der Waals surface area contributed by atoms with Gasteiger partial charge in [0.25, 0.3) is 0 Å². The third-order valence-corrected chi connectivity index (χ3v) is 14.0. The number of ketones is 2. The second-order valence-electron chi connectivity index (χ2n) is 11.1. The van der Waals surface area contributed by atoms with Crippen molar-refractivity contribution in [3.8, 4) is 29.4 Å². The van der Waals surface area contributed by atoms with Crippen molar-refractivity contribution >= 4 is 31.3 Å². The Hall–Kier alpha value is -3.86. The molecule has 41 heavy (non-hydrogen) atoms. The number of hydrogen-bond acceptors (Lipinski definition) is 8. The van der Waals surface area contributed by atoms with E-state index in [-0.39, 0.29) is 33.7 Å². The Bertz CT molecular complexity index is 1660. The van der Waals surface area contributed by atoms with Gasteiger partial charge in [-0.2, -0.15) is 0 Å². The molecule has 2 aromatic carbocycles. The molecule has 0 spiro atoms.